The molecule has 1 unspecified atom stereocenters. The van der Waals surface area contributed by atoms with Gasteiger partial charge in [0.15, 0.2) is 0 Å². The fourth-order valence-corrected chi connectivity index (χ4v) is 4.16. The second-order valence-corrected chi connectivity index (χ2v) is 8.45. The number of hydrogen-bond donors (Lipinski definition) is 1. The molecular weight excluding hydrogens is 496 g/mol. The number of hydrogen-bond acceptors (Lipinski definition) is 5. The number of carbonyl (C=O) groups excluding carboxylic acids is 1. The Morgan fingerprint density at radius 1 is 0.857 bits per heavy atom. The van der Waals surface area contributed by atoms with E-state index in [1.807, 2.05) is 0 Å². The van der Waals surface area contributed by atoms with Crippen molar-refractivity contribution in [1.29, 1.82) is 0 Å². The smallest absolute Gasteiger partial charge is 0.459 e. The van der Waals surface area contributed by atoms with Gasteiger partial charge in [-0.05, 0) is 17.7 Å². The monoisotopic (exact) mass is 513 g/mol. The van der Waals surface area contributed by atoms with Crippen molar-refractivity contribution in [1.82, 2.24) is 5.09 Å². The van der Waals surface area contributed by atoms with E-state index in [9.17, 15) is 31.3 Å². The average Bonchev–Trinajstić information content (AvgIpc) is 2.87. The first-order chi connectivity index (χ1) is 16.6. The zero-order chi connectivity index (χ0) is 25.6. The Labute approximate surface area is 196 Å². The molecule has 0 saturated carbocycles. The highest BCUT2D eigenvalue weighted by Gasteiger charge is 2.38. The SMILES string of the molecule is C=C[C@H](NP(=O)(Oc1ccccc1)Oc1c(F)c(F)c(F)c(F)c1F)C(=O)OCc1ccccc1. The number of para-hydroxylation sites is 1. The second kappa shape index (κ2) is 11.2. The van der Waals surface area contributed by atoms with Crippen LogP contribution in [-0.4, -0.2) is 12.0 Å². The van der Waals surface area contributed by atoms with Gasteiger partial charge in [0.2, 0.25) is 34.8 Å². The van der Waals surface area contributed by atoms with E-state index >= 15 is 0 Å². The Morgan fingerprint density at radius 2 is 1.37 bits per heavy atom. The molecule has 2 atom stereocenters. The molecule has 35 heavy (non-hydrogen) atoms. The van der Waals surface area contributed by atoms with Crippen molar-refractivity contribution < 1.29 is 45.1 Å². The van der Waals surface area contributed by atoms with Crippen molar-refractivity contribution in [2.24, 2.45) is 0 Å². The van der Waals surface area contributed by atoms with Gasteiger partial charge in [-0.15, -0.1) is 6.58 Å². The molecule has 0 aliphatic heterocycles. The van der Waals surface area contributed by atoms with Crippen molar-refractivity contribution in [2.75, 3.05) is 0 Å². The third kappa shape index (κ3) is 6.26. The van der Waals surface area contributed by atoms with E-state index in [2.05, 4.69) is 11.7 Å². The predicted molar refractivity (Wildman–Crippen MR) is 115 cm³/mol. The maximum absolute atomic E-state index is 14.2. The number of ether oxygens (including phenoxy) is 1. The minimum atomic E-state index is -5.05. The maximum atomic E-state index is 14.2. The van der Waals surface area contributed by atoms with Crippen LogP contribution >= 0.6 is 7.75 Å². The number of nitrogens with one attached hydrogen (secondary N) is 1. The lowest BCUT2D eigenvalue weighted by Crippen LogP contribution is -2.36. The lowest BCUT2D eigenvalue weighted by atomic mass is 10.2. The van der Waals surface area contributed by atoms with Gasteiger partial charge in [0.1, 0.15) is 18.4 Å². The van der Waals surface area contributed by atoms with E-state index in [1.165, 1.54) is 24.3 Å². The van der Waals surface area contributed by atoms with Crippen molar-refractivity contribution in [3.8, 4) is 11.5 Å². The molecule has 6 nitrogen and oxygen atoms in total. The zero-order valence-electron chi connectivity index (χ0n) is 17.7. The van der Waals surface area contributed by atoms with E-state index in [1.54, 1.807) is 36.4 Å². The van der Waals surface area contributed by atoms with Crippen LogP contribution in [0, 0.1) is 29.1 Å². The first kappa shape index (κ1) is 25.9. The van der Waals surface area contributed by atoms with Crippen LogP contribution in [0.25, 0.3) is 0 Å². The normalized spacial score (nSPS) is 13.4. The summed E-state index contributed by atoms with van der Waals surface area (Å²) in [5.41, 5.74) is 0.616. The molecule has 0 amide bonds. The van der Waals surface area contributed by atoms with E-state index in [0.717, 1.165) is 6.08 Å². The van der Waals surface area contributed by atoms with Crippen molar-refractivity contribution in [3.05, 3.63) is 108 Å². The summed E-state index contributed by atoms with van der Waals surface area (Å²) < 4.78 is 97.5. The summed E-state index contributed by atoms with van der Waals surface area (Å²) in [6.07, 6.45) is 0.927. The van der Waals surface area contributed by atoms with Crippen LogP contribution < -0.4 is 14.1 Å². The molecule has 0 radical (unpaired) electrons. The van der Waals surface area contributed by atoms with Crippen molar-refractivity contribution in [3.63, 3.8) is 0 Å². The van der Waals surface area contributed by atoms with Gasteiger partial charge in [-0.3, -0.25) is 0 Å². The van der Waals surface area contributed by atoms with Crippen LogP contribution in [0.15, 0.2) is 73.3 Å². The van der Waals surface area contributed by atoms with Gasteiger partial charge in [-0.1, -0.05) is 54.6 Å². The summed E-state index contributed by atoms with van der Waals surface area (Å²) in [6, 6.07) is 13.8. The molecule has 184 valence electrons. The minimum Gasteiger partial charge on any atom is -0.459 e. The second-order valence-electron chi connectivity index (χ2n) is 6.83. The lowest BCUT2D eigenvalue weighted by molar-refractivity contribution is -0.145. The molecule has 12 heteroatoms. The van der Waals surface area contributed by atoms with Gasteiger partial charge in [0, 0.05) is 0 Å². The summed E-state index contributed by atoms with van der Waals surface area (Å²) in [5.74, 6) is -14.9. The highest BCUT2D eigenvalue weighted by atomic mass is 31.2. The average molecular weight is 513 g/mol. The van der Waals surface area contributed by atoms with E-state index in [4.69, 9.17) is 13.8 Å². The largest absolute Gasteiger partial charge is 0.514 e. The minimum absolute atomic E-state index is 0.173. The Morgan fingerprint density at radius 3 is 1.91 bits per heavy atom. The molecule has 0 spiro atoms. The van der Waals surface area contributed by atoms with Crippen LogP contribution in [-0.2, 0) is 20.7 Å². The number of rotatable bonds is 10. The Balaban J connectivity index is 1.91. The first-order valence-electron chi connectivity index (χ1n) is 9.82. The third-order valence-electron chi connectivity index (χ3n) is 4.36. The molecule has 0 fully saturated rings. The number of esters is 1. The van der Waals surface area contributed by atoms with Crippen LogP contribution in [0.1, 0.15) is 5.56 Å². The molecule has 0 saturated heterocycles. The summed E-state index contributed by atoms with van der Waals surface area (Å²) in [7, 11) is -5.05. The van der Waals surface area contributed by atoms with Crippen molar-refractivity contribution in [2.45, 2.75) is 12.6 Å². The summed E-state index contributed by atoms with van der Waals surface area (Å²) in [4.78, 5) is 12.5. The quantitative estimate of drug-likeness (QED) is 0.0918. The standard InChI is InChI=1S/C23H17F5NO5P/c1-2-16(23(30)32-13-14-9-5-3-6-10-14)29-35(31,33-15-11-7-4-8-12-15)34-22-20(27)18(25)17(24)19(26)21(22)28/h2-12,16H,1,13H2,(H,29,31)/t16-,35?/m0/s1. The molecule has 0 aliphatic rings. The lowest BCUT2D eigenvalue weighted by Gasteiger charge is -2.24. The molecule has 3 aromatic carbocycles. The van der Waals surface area contributed by atoms with Gasteiger partial charge >= 0.3 is 13.7 Å². The highest BCUT2D eigenvalue weighted by molar-refractivity contribution is 7.52. The van der Waals surface area contributed by atoms with Crippen LogP contribution in [0.3, 0.4) is 0 Å². The van der Waals surface area contributed by atoms with Gasteiger partial charge in [0.25, 0.3) is 0 Å². The summed E-state index contributed by atoms with van der Waals surface area (Å²) in [6.45, 7) is 3.21. The Bertz CT molecular complexity index is 1230. The van der Waals surface area contributed by atoms with Gasteiger partial charge in [-0.25, -0.2) is 22.5 Å². The molecule has 0 heterocycles. The van der Waals surface area contributed by atoms with E-state index in [-0.39, 0.29) is 12.4 Å². The molecule has 0 aromatic heterocycles. The van der Waals surface area contributed by atoms with Crippen LogP contribution in [0.2, 0.25) is 0 Å². The maximum Gasteiger partial charge on any atom is 0.514 e. The molecule has 3 rings (SSSR count). The number of benzene rings is 3. The van der Waals surface area contributed by atoms with Crippen LogP contribution in [0.4, 0.5) is 22.0 Å². The third-order valence-corrected chi connectivity index (χ3v) is 5.83. The van der Waals surface area contributed by atoms with Gasteiger partial charge in [0.05, 0.1) is 0 Å². The topological polar surface area (TPSA) is 73.9 Å². The summed E-state index contributed by atoms with van der Waals surface area (Å²) >= 11 is 0. The van der Waals surface area contributed by atoms with Gasteiger partial charge in [-0.2, -0.15) is 13.9 Å². The van der Waals surface area contributed by atoms with E-state index < -0.39 is 54.6 Å². The molecule has 0 aliphatic carbocycles. The number of halogens is 5. The number of carbonyl (C=O) groups is 1. The molecule has 3 aromatic rings. The van der Waals surface area contributed by atoms with E-state index in [0.29, 0.717) is 5.56 Å². The Hall–Kier alpha value is -3.69. The van der Waals surface area contributed by atoms with Crippen molar-refractivity contribution >= 4 is 13.7 Å². The summed E-state index contributed by atoms with van der Waals surface area (Å²) in [5, 5.41) is 2.07. The fraction of sp³-hybridized carbons (Fsp3) is 0.0870. The fourth-order valence-electron chi connectivity index (χ4n) is 2.67. The molecule has 0 bridgehead atoms. The molecular formula is C23H17F5NO5P. The highest BCUT2D eigenvalue weighted by Crippen LogP contribution is 2.47. The molecule has 1 N–H and O–H groups in total. The zero-order valence-corrected chi connectivity index (χ0v) is 18.6. The van der Waals surface area contributed by atoms with Gasteiger partial charge < -0.3 is 13.8 Å². The Kier molecular flexibility index (Phi) is 8.26. The van der Waals surface area contributed by atoms with Crippen LogP contribution in [0.5, 0.6) is 11.5 Å². The first-order valence-corrected chi connectivity index (χ1v) is 11.4. The predicted octanol–water partition coefficient (Wildman–Crippen LogP) is 5.84.